The topological polar surface area (TPSA) is 45.5 Å². The third kappa shape index (κ3) is 2.57. The predicted molar refractivity (Wildman–Crippen MR) is 68.1 cm³/mol. The Hall–Kier alpha value is -1.58. The molecule has 86 valence electrons. The van der Waals surface area contributed by atoms with Crippen molar-refractivity contribution in [1.29, 1.82) is 0 Å². The lowest BCUT2D eigenvalue weighted by atomic mass is 10.0. The zero-order chi connectivity index (χ0) is 12.3. The lowest BCUT2D eigenvalue weighted by Gasteiger charge is -2.07. The first-order valence-electron chi connectivity index (χ1n) is 4.80. The average molecular weight is 267 g/mol. The van der Waals surface area contributed by atoms with Crippen LogP contribution >= 0.6 is 23.2 Å². The first-order valence-corrected chi connectivity index (χ1v) is 5.56. The number of hydrogen-bond donors (Lipinski definition) is 1. The smallest absolute Gasteiger partial charge is 0.118 e. The van der Waals surface area contributed by atoms with E-state index in [1.807, 2.05) is 0 Å². The van der Waals surface area contributed by atoms with E-state index in [0.29, 0.717) is 26.9 Å². The van der Waals surface area contributed by atoms with E-state index in [2.05, 4.69) is 10.1 Å². The van der Waals surface area contributed by atoms with E-state index in [1.54, 1.807) is 42.7 Å². The van der Waals surface area contributed by atoms with Gasteiger partial charge >= 0.3 is 0 Å². The molecule has 0 saturated heterocycles. The lowest BCUT2D eigenvalue weighted by Crippen LogP contribution is -2.04. The zero-order valence-electron chi connectivity index (χ0n) is 8.64. The molecule has 0 aliphatic carbocycles. The van der Waals surface area contributed by atoms with Crippen molar-refractivity contribution in [2.24, 2.45) is 5.16 Å². The van der Waals surface area contributed by atoms with E-state index < -0.39 is 0 Å². The van der Waals surface area contributed by atoms with Crippen LogP contribution in [0.1, 0.15) is 11.1 Å². The molecule has 1 N–H and O–H groups in total. The molecule has 0 bridgehead atoms. The van der Waals surface area contributed by atoms with Gasteiger partial charge in [-0.3, -0.25) is 4.98 Å². The monoisotopic (exact) mass is 266 g/mol. The number of oxime groups is 1. The molecule has 1 aromatic carbocycles. The summed E-state index contributed by atoms with van der Waals surface area (Å²) in [4.78, 5) is 3.90. The molecule has 0 atom stereocenters. The van der Waals surface area contributed by atoms with Crippen LogP contribution in [0.15, 0.2) is 47.9 Å². The van der Waals surface area contributed by atoms with Gasteiger partial charge in [0.25, 0.3) is 0 Å². The Balaban J connectivity index is 2.54. The highest BCUT2D eigenvalue weighted by Gasteiger charge is 2.12. The molecule has 0 saturated carbocycles. The van der Waals surface area contributed by atoms with Crippen molar-refractivity contribution < 1.29 is 5.21 Å². The summed E-state index contributed by atoms with van der Waals surface area (Å²) >= 11 is 12.0. The summed E-state index contributed by atoms with van der Waals surface area (Å²) in [5.41, 5.74) is 1.65. The highest BCUT2D eigenvalue weighted by atomic mass is 35.5. The van der Waals surface area contributed by atoms with Crippen molar-refractivity contribution in [3.8, 4) is 0 Å². The van der Waals surface area contributed by atoms with E-state index in [1.165, 1.54) is 0 Å². The standard InChI is InChI=1S/C12H8Cl2N2O/c13-9-1-2-11(14)10(7-9)12(16-17)8-3-5-15-6-4-8/h1-7,17H/b16-12+. The lowest BCUT2D eigenvalue weighted by molar-refractivity contribution is 0.319. The highest BCUT2D eigenvalue weighted by molar-refractivity contribution is 6.37. The molecule has 0 aliphatic rings. The molecule has 1 aromatic heterocycles. The molecular formula is C12H8Cl2N2O. The van der Waals surface area contributed by atoms with Gasteiger partial charge in [0, 0.05) is 28.5 Å². The van der Waals surface area contributed by atoms with Gasteiger partial charge in [-0.25, -0.2) is 0 Å². The minimum atomic E-state index is 0.361. The Kier molecular flexibility index (Phi) is 3.61. The van der Waals surface area contributed by atoms with Gasteiger partial charge < -0.3 is 5.21 Å². The molecule has 3 nitrogen and oxygen atoms in total. The van der Waals surface area contributed by atoms with Crippen LogP contribution < -0.4 is 0 Å². The largest absolute Gasteiger partial charge is 0.410 e. The fraction of sp³-hybridized carbons (Fsp3) is 0. The SMILES string of the molecule is O/N=C(\c1ccncc1)c1cc(Cl)ccc1Cl. The van der Waals surface area contributed by atoms with Gasteiger partial charge in [-0.2, -0.15) is 0 Å². The van der Waals surface area contributed by atoms with Crippen LogP contribution in [0.2, 0.25) is 10.0 Å². The average Bonchev–Trinajstić information content (AvgIpc) is 2.36. The number of aromatic nitrogens is 1. The molecule has 1 heterocycles. The van der Waals surface area contributed by atoms with E-state index in [0.717, 1.165) is 0 Å². The highest BCUT2D eigenvalue weighted by Crippen LogP contribution is 2.23. The maximum absolute atomic E-state index is 9.11. The summed E-state index contributed by atoms with van der Waals surface area (Å²) in [7, 11) is 0. The van der Waals surface area contributed by atoms with Crippen LogP contribution in [0.4, 0.5) is 0 Å². The van der Waals surface area contributed by atoms with Crippen molar-refractivity contribution in [1.82, 2.24) is 4.98 Å². The van der Waals surface area contributed by atoms with E-state index in [-0.39, 0.29) is 0 Å². The van der Waals surface area contributed by atoms with Crippen LogP contribution in [-0.4, -0.2) is 15.9 Å². The normalized spacial score (nSPS) is 11.5. The number of halogens is 2. The molecular weight excluding hydrogens is 259 g/mol. The summed E-state index contributed by atoms with van der Waals surface area (Å²) in [6, 6.07) is 8.44. The first-order chi connectivity index (χ1) is 8.22. The summed E-state index contributed by atoms with van der Waals surface area (Å²) < 4.78 is 0. The Labute approximate surface area is 108 Å². The van der Waals surface area contributed by atoms with Gasteiger partial charge in [0.2, 0.25) is 0 Å². The Morgan fingerprint density at radius 3 is 2.47 bits per heavy atom. The predicted octanol–water partition coefficient (Wildman–Crippen LogP) is 3.62. The third-order valence-corrected chi connectivity index (χ3v) is 2.80. The fourth-order valence-electron chi connectivity index (χ4n) is 1.46. The van der Waals surface area contributed by atoms with Crippen molar-refractivity contribution >= 4 is 28.9 Å². The van der Waals surface area contributed by atoms with E-state index in [9.17, 15) is 0 Å². The molecule has 0 spiro atoms. The minimum absolute atomic E-state index is 0.361. The van der Waals surface area contributed by atoms with E-state index >= 15 is 0 Å². The molecule has 2 aromatic rings. The summed E-state index contributed by atoms with van der Waals surface area (Å²) in [6.07, 6.45) is 3.22. The molecule has 17 heavy (non-hydrogen) atoms. The summed E-state index contributed by atoms with van der Waals surface area (Å²) in [5.74, 6) is 0. The third-order valence-electron chi connectivity index (χ3n) is 2.24. The first kappa shape index (κ1) is 11.9. The Morgan fingerprint density at radius 1 is 1.12 bits per heavy atom. The van der Waals surface area contributed by atoms with Crippen LogP contribution in [0, 0.1) is 0 Å². The second-order valence-corrected chi connectivity index (χ2v) is 4.15. The number of hydrogen-bond acceptors (Lipinski definition) is 3. The fourth-order valence-corrected chi connectivity index (χ4v) is 1.84. The van der Waals surface area contributed by atoms with Crippen LogP contribution in [0.5, 0.6) is 0 Å². The Bertz CT molecular complexity index is 556. The molecule has 2 rings (SSSR count). The van der Waals surface area contributed by atoms with Gasteiger partial charge in [0.1, 0.15) is 5.71 Å². The molecule has 0 unspecified atom stereocenters. The van der Waals surface area contributed by atoms with Gasteiger partial charge in [-0.1, -0.05) is 28.4 Å². The number of benzene rings is 1. The van der Waals surface area contributed by atoms with Gasteiger partial charge in [0.05, 0.1) is 5.02 Å². The van der Waals surface area contributed by atoms with Gasteiger partial charge in [0.15, 0.2) is 0 Å². The van der Waals surface area contributed by atoms with Gasteiger partial charge in [-0.15, -0.1) is 0 Å². The Morgan fingerprint density at radius 2 is 1.82 bits per heavy atom. The number of nitrogens with zero attached hydrogens (tertiary/aromatic N) is 2. The molecule has 0 amide bonds. The van der Waals surface area contributed by atoms with E-state index in [4.69, 9.17) is 28.4 Å². The van der Waals surface area contributed by atoms with Crippen LogP contribution in [0.25, 0.3) is 0 Å². The maximum atomic E-state index is 9.11. The second-order valence-electron chi connectivity index (χ2n) is 3.31. The van der Waals surface area contributed by atoms with Crippen LogP contribution in [-0.2, 0) is 0 Å². The number of rotatable bonds is 2. The second kappa shape index (κ2) is 5.17. The molecule has 5 heteroatoms. The summed E-state index contributed by atoms with van der Waals surface area (Å²) in [5, 5.41) is 13.4. The van der Waals surface area contributed by atoms with Gasteiger partial charge in [-0.05, 0) is 30.3 Å². The van der Waals surface area contributed by atoms with Crippen molar-refractivity contribution in [3.05, 3.63) is 63.9 Å². The molecule has 0 fully saturated rings. The molecule has 0 radical (unpaired) electrons. The van der Waals surface area contributed by atoms with Crippen molar-refractivity contribution in [2.75, 3.05) is 0 Å². The summed E-state index contributed by atoms with van der Waals surface area (Å²) in [6.45, 7) is 0. The van der Waals surface area contributed by atoms with Crippen molar-refractivity contribution in [3.63, 3.8) is 0 Å². The van der Waals surface area contributed by atoms with Crippen molar-refractivity contribution in [2.45, 2.75) is 0 Å². The minimum Gasteiger partial charge on any atom is -0.410 e. The quantitative estimate of drug-likeness (QED) is 0.513. The number of pyridine rings is 1. The molecule has 0 aliphatic heterocycles. The maximum Gasteiger partial charge on any atom is 0.118 e. The zero-order valence-corrected chi connectivity index (χ0v) is 10.2. The van der Waals surface area contributed by atoms with Crippen LogP contribution in [0.3, 0.4) is 0 Å².